The molecule has 0 aromatic heterocycles. The summed E-state index contributed by atoms with van der Waals surface area (Å²) >= 11 is 0. The van der Waals surface area contributed by atoms with E-state index in [2.05, 4.69) is 16.4 Å². The smallest absolute Gasteiger partial charge is 0.333 e. The van der Waals surface area contributed by atoms with Crippen LogP contribution in [0.25, 0.3) is 0 Å². The maximum absolute atomic E-state index is 11.2. The number of esters is 1. The van der Waals surface area contributed by atoms with Crippen LogP contribution in [0.5, 0.6) is 0 Å². The van der Waals surface area contributed by atoms with Crippen molar-refractivity contribution in [3.05, 3.63) is 12.2 Å². The maximum Gasteiger partial charge on any atom is 0.333 e. The van der Waals surface area contributed by atoms with Gasteiger partial charge in [0.05, 0.1) is 6.04 Å². The summed E-state index contributed by atoms with van der Waals surface area (Å²) in [6.45, 7) is 11.3. The van der Waals surface area contributed by atoms with Crippen LogP contribution in [0.3, 0.4) is 0 Å². The van der Waals surface area contributed by atoms with Crippen molar-refractivity contribution in [1.82, 2.24) is 9.80 Å². The van der Waals surface area contributed by atoms with E-state index in [0.29, 0.717) is 18.2 Å². The molecule has 3 aliphatic rings. The Hall–Kier alpha value is -0.870. The number of piperazine rings is 3. The van der Waals surface area contributed by atoms with Crippen LogP contribution in [0.1, 0.15) is 6.92 Å². The van der Waals surface area contributed by atoms with Gasteiger partial charge in [-0.2, -0.15) is 0 Å². The lowest BCUT2D eigenvalue weighted by Gasteiger charge is -2.47. The summed E-state index contributed by atoms with van der Waals surface area (Å²) in [7, 11) is 0. The third-order valence-electron chi connectivity index (χ3n) is 3.15. The van der Waals surface area contributed by atoms with Crippen LogP contribution < -0.4 is 0 Å². The van der Waals surface area contributed by atoms with E-state index in [1.165, 1.54) is 0 Å². The number of carbonyl (C=O) groups excluding carboxylic acids is 1. The lowest BCUT2D eigenvalue weighted by atomic mass is 10.1. The molecule has 3 fully saturated rings. The zero-order valence-corrected chi connectivity index (χ0v) is 9.24. The van der Waals surface area contributed by atoms with Gasteiger partial charge in [-0.3, -0.25) is 9.80 Å². The van der Waals surface area contributed by atoms with Gasteiger partial charge < -0.3 is 4.74 Å². The highest BCUT2D eigenvalue weighted by Gasteiger charge is 2.32. The molecular weight excluding hydrogens is 192 g/mol. The van der Waals surface area contributed by atoms with Crippen LogP contribution >= 0.6 is 0 Å². The highest BCUT2D eigenvalue weighted by atomic mass is 16.5. The summed E-state index contributed by atoms with van der Waals surface area (Å²) in [5, 5.41) is 0. The second-order valence-corrected chi connectivity index (χ2v) is 4.37. The molecule has 1 atom stereocenters. The Balaban J connectivity index is 1.80. The number of hydrogen-bond acceptors (Lipinski definition) is 4. The number of fused-ring (bicyclic) bond motifs is 3. The molecule has 0 aromatic carbocycles. The average molecular weight is 210 g/mol. The Kier molecular flexibility index (Phi) is 3.07. The van der Waals surface area contributed by atoms with E-state index < -0.39 is 0 Å². The van der Waals surface area contributed by atoms with Crippen molar-refractivity contribution < 1.29 is 9.53 Å². The van der Waals surface area contributed by atoms with Crippen molar-refractivity contribution in [3.63, 3.8) is 0 Å². The fourth-order valence-electron chi connectivity index (χ4n) is 2.18. The molecule has 0 aliphatic carbocycles. The van der Waals surface area contributed by atoms with Gasteiger partial charge in [-0.1, -0.05) is 6.58 Å². The molecule has 84 valence electrons. The molecule has 1 unspecified atom stereocenters. The number of carbonyl (C=O) groups is 1. The Labute approximate surface area is 90.5 Å². The fraction of sp³-hybridized carbons (Fsp3) is 0.727. The quantitative estimate of drug-likeness (QED) is 0.489. The van der Waals surface area contributed by atoms with Gasteiger partial charge in [-0.05, 0) is 6.92 Å². The van der Waals surface area contributed by atoms with Crippen LogP contribution in [0.4, 0.5) is 0 Å². The molecule has 4 nitrogen and oxygen atoms in total. The third-order valence-corrected chi connectivity index (χ3v) is 3.15. The van der Waals surface area contributed by atoms with Gasteiger partial charge in [0.15, 0.2) is 0 Å². The second-order valence-electron chi connectivity index (χ2n) is 4.37. The molecule has 3 rings (SSSR count). The molecule has 3 heterocycles. The minimum absolute atomic E-state index is 0.271. The second kappa shape index (κ2) is 4.33. The summed E-state index contributed by atoms with van der Waals surface area (Å²) < 4.78 is 5.19. The molecule has 4 heteroatoms. The fourth-order valence-corrected chi connectivity index (χ4v) is 2.18. The van der Waals surface area contributed by atoms with Crippen molar-refractivity contribution in [3.8, 4) is 0 Å². The largest absolute Gasteiger partial charge is 0.461 e. The normalized spacial score (nSPS) is 33.8. The van der Waals surface area contributed by atoms with Gasteiger partial charge in [-0.15, -0.1) is 0 Å². The summed E-state index contributed by atoms with van der Waals surface area (Å²) in [6.07, 6.45) is 0. The zero-order valence-electron chi connectivity index (χ0n) is 9.24. The van der Waals surface area contributed by atoms with Crippen LogP contribution in [0.15, 0.2) is 12.2 Å². The van der Waals surface area contributed by atoms with Gasteiger partial charge in [0.25, 0.3) is 0 Å². The summed E-state index contributed by atoms with van der Waals surface area (Å²) in [6, 6.07) is 0.385. The lowest BCUT2D eigenvalue weighted by Crippen LogP contribution is -2.62. The van der Waals surface area contributed by atoms with Crippen molar-refractivity contribution in [2.24, 2.45) is 0 Å². The number of rotatable bonds is 3. The van der Waals surface area contributed by atoms with Crippen molar-refractivity contribution in [2.45, 2.75) is 13.0 Å². The predicted octanol–water partition coefficient (Wildman–Crippen LogP) is 0.106. The predicted molar refractivity (Wildman–Crippen MR) is 57.6 cm³/mol. The number of nitrogens with zero attached hydrogens (tertiary/aromatic N) is 2. The molecule has 0 spiro atoms. The Morgan fingerprint density at radius 3 is 2.53 bits per heavy atom. The Morgan fingerprint density at radius 1 is 1.40 bits per heavy atom. The van der Waals surface area contributed by atoms with Gasteiger partial charge in [0.2, 0.25) is 0 Å². The molecule has 0 N–H and O–H groups in total. The van der Waals surface area contributed by atoms with Crippen LogP contribution in [0, 0.1) is 0 Å². The summed E-state index contributed by atoms with van der Waals surface area (Å²) in [5.41, 5.74) is 0.478. The van der Waals surface area contributed by atoms with E-state index in [9.17, 15) is 4.79 Å². The van der Waals surface area contributed by atoms with E-state index in [-0.39, 0.29) is 5.97 Å². The molecule has 0 amide bonds. The lowest BCUT2D eigenvalue weighted by molar-refractivity contribution is -0.142. The van der Waals surface area contributed by atoms with E-state index in [1.807, 2.05) is 0 Å². The van der Waals surface area contributed by atoms with Gasteiger partial charge >= 0.3 is 5.97 Å². The highest BCUT2D eigenvalue weighted by molar-refractivity contribution is 5.86. The number of ether oxygens (including phenoxy) is 1. The monoisotopic (exact) mass is 210 g/mol. The van der Waals surface area contributed by atoms with Crippen molar-refractivity contribution in [1.29, 1.82) is 0 Å². The zero-order chi connectivity index (χ0) is 10.8. The van der Waals surface area contributed by atoms with Gasteiger partial charge in [-0.25, -0.2) is 4.79 Å². The molecule has 0 aromatic rings. The summed E-state index contributed by atoms with van der Waals surface area (Å²) in [5.74, 6) is -0.271. The number of hydrogen-bond donors (Lipinski definition) is 0. The molecule has 3 saturated heterocycles. The topological polar surface area (TPSA) is 32.8 Å². The molecule has 3 aliphatic heterocycles. The maximum atomic E-state index is 11.2. The standard InChI is InChI=1S/C11H18N2O2/c1-9(2)11(14)15-8-10-7-12-3-5-13(10)6-4-12/h10H,1,3-8H2,2H3. The van der Waals surface area contributed by atoms with Gasteiger partial charge in [0.1, 0.15) is 6.61 Å². The molecule has 0 radical (unpaired) electrons. The first-order valence-corrected chi connectivity index (χ1v) is 5.46. The molecule has 2 bridgehead atoms. The van der Waals surface area contributed by atoms with E-state index in [4.69, 9.17) is 4.74 Å². The third kappa shape index (κ3) is 2.38. The summed E-state index contributed by atoms with van der Waals surface area (Å²) in [4.78, 5) is 16.1. The Bertz CT molecular complexity index is 270. The van der Waals surface area contributed by atoms with Crippen LogP contribution in [-0.2, 0) is 9.53 Å². The van der Waals surface area contributed by atoms with E-state index in [1.54, 1.807) is 6.92 Å². The van der Waals surface area contributed by atoms with Crippen LogP contribution in [0.2, 0.25) is 0 Å². The Morgan fingerprint density at radius 2 is 2.07 bits per heavy atom. The molecule has 15 heavy (non-hydrogen) atoms. The van der Waals surface area contributed by atoms with Crippen LogP contribution in [-0.4, -0.2) is 61.1 Å². The van der Waals surface area contributed by atoms with Crippen molar-refractivity contribution >= 4 is 5.97 Å². The first-order chi connectivity index (χ1) is 7.16. The first kappa shape index (κ1) is 10.6. The SMILES string of the molecule is C=C(C)C(=O)OCC1CN2CCN1CC2. The molecule has 0 saturated carbocycles. The average Bonchev–Trinajstić information content (AvgIpc) is 2.27. The van der Waals surface area contributed by atoms with Crippen molar-refractivity contribution in [2.75, 3.05) is 39.3 Å². The van der Waals surface area contributed by atoms with E-state index >= 15 is 0 Å². The highest BCUT2D eigenvalue weighted by Crippen LogP contribution is 2.15. The molecular formula is C11H18N2O2. The van der Waals surface area contributed by atoms with E-state index in [0.717, 1.165) is 32.7 Å². The van der Waals surface area contributed by atoms with Gasteiger partial charge in [0, 0.05) is 38.3 Å². The minimum atomic E-state index is -0.271. The minimum Gasteiger partial charge on any atom is -0.461 e. The first-order valence-electron chi connectivity index (χ1n) is 5.46.